The van der Waals surface area contributed by atoms with E-state index in [9.17, 15) is 13.2 Å². The monoisotopic (exact) mass is 487 g/mol. The summed E-state index contributed by atoms with van der Waals surface area (Å²) in [7, 11) is -3.60. The van der Waals surface area contributed by atoms with Gasteiger partial charge in [-0.05, 0) is 68.0 Å². The molecule has 0 saturated carbocycles. The van der Waals surface area contributed by atoms with Gasteiger partial charge in [-0.1, -0.05) is 11.6 Å². The van der Waals surface area contributed by atoms with Gasteiger partial charge in [0.15, 0.2) is 0 Å². The summed E-state index contributed by atoms with van der Waals surface area (Å²) in [6.07, 6.45) is 5.03. The normalized spacial score (nSPS) is 15.4. The Morgan fingerprint density at radius 1 is 1.09 bits per heavy atom. The number of nitrogens with zero attached hydrogens (tertiary/aromatic N) is 3. The Bertz CT molecular complexity index is 1250. The van der Waals surface area contributed by atoms with Crippen molar-refractivity contribution in [1.82, 2.24) is 13.8 Å². The number of carbonyl (C=O) groups excluding carboxylic acids is 1. The quantitative estimate of drug-likeness (QED) is 0.493. The lowest BCUT2D eigenvalue weighted by Gasteiger charge is -2.33. The van der Waals surface area contributed by atoms with Gasteiger partial charge >= 0.3 is 0 Å². The molecule has 0 spiro atoms. The molecule has 3 aromatic rings. The molecule has 1 aromatic carbocycles. The van der Waals surface area contributed by atoms with Crippen molar-refractivity contribution in [2.24, 2.45) is 0 Å². The van der Waals surface area contributed by atoms with E-state index >= 15 is 0 Å². The fourth-order valence-corrected chi connectivity index (χ4v) is 5.52. The molecule has 1 saturated heterocycles. The molecule has 174 valence electrons. The van der Waals surface area contributed by atoms with E-state index in [-0.39, 0.29) is 23.9 Å². The van der Waals surface area contributed by atoms with E-state index in [4.69, 9.17) is 16.0 Å². The van der Waals surface area contributed by atoms with Crippen LogP contribution in [0.1, 0.15) is 22.7 Å². The molecule has 9 heteroatoms. The van der Waals surface area contributed by atoms with Crippen molar-refractivity contribution in [1.29, 1.82) is 0 Å². The molecule has 33 heavy (non-hydrogen) atoms. The third-order valence-electron chi connectivity index (χ3n) is 5.91. The van der Waals surface area contributed by atoms with Crippen LogP contribution < -0.4 is 0 Å². The van der Waals surface area contributed by atoms with Gasteiger partial charge in [0.1, 0.15) is 5.76 Å². The highest BCUT2D eigenvalue weighted by Crippen LogP contribution is 2.21. The zero-order valence-corrected chi connectivity index (χ0v) is 20.1. The second-order valence-electron chi connectivity index (χ2n) is 8.01. The van der Waals surface area contributed by atoms with Gasteiger partial charge in [-0.25, -0.2) is 8.42 Å². The smallest absolute Gasteiger partial charge is 0.246 e. The molecule has 3 heterocycles. The minimum Gasteiger partial charge on any atom is -0.467 e. The number of sulfonamides is 1. The number of rotatable bonds is 6. The lowest BCUT2D eigenvalue weighted by atomic mass is 10.2. The first-order valence-corrected chi connectivity index (χ1v) is 12.5. The number of aryl methyl sites for hydroxylation is 1. The first-order valence-electron chi connectivity index (χ1n) is 10.7. The molecule has 7 nitrogen and oxygen atoms in total. The fourth-order valence-electron chi connectivity index (χ4n) is 3.97. The summed E-state index contributed by atoms with van der Waals surface area (Å²) in [6, 6.07) is 12.0. The number of hydrogen-bond acceptors (Lipinski definition) is 4. The molecule has 0 atom stereocenters. The largest absolute Gasteiger partial charge is 0.467 e. The maximum absolute atomic E-state index is 12.8. The summed E-state index contributed by atoms with van der Waals surface area (Å²) in [5, 5.41) is 0.484. The van der Waals surface area contributed by atoms with E-state index < -0.39 is 10.0 Å². The van der Waals surface area contributed by atoms with Crippen molar-refractivity contribution in [3.63, 3.8) is 0 Å². The van der Waals surface area contributed by atoms with Crippen LogP contribution in [0.15, 0.2) is 64.1 Å². The molecule has 0 N–H and O–H groups in total. The van der Waals surface area contributed by atoms with Crippen LogP contribution in [0.3, 0.4) is 0 Å². The van der Waals surface area contributed by atoms with Crippen LogP contribution in [0, 0.1) is 13.8 Å². The summed E-state index contributed by atoms with van der Waals surface area (Å²) < 4.78 is 34.7. The van der Waals surface area contributed by atoms with E-state index in [1.165, 1.54) is 16.4 Å². The van der Waals surface area contributed by atoms with Crippen molar-refractivity contribution in [3.8, 4) is 0 Å². The molecular formula is C24H26ClN3O4S. The van der Waals surface area contributed by atoms with Gasteiger partial charge in [0.2, 0.25) is 15.9 Å². The average Bonchev–Trinajstić information content (AvgIpc) is 3.41. The van der Waals surface area contributed by atoms with Gasteiger partial charge < -0.3 is 13.9 Å². The second kappa shape index (κ2) is 9.59. The number of piperazine rings is 1. The van der Waals surface area contributed by atoms with Gasteiger partial charge in [-0.2, -0.15) is 4.31 Å². The lowest BCUT2D eigenvalue weighted by molar-refractivity contribution is -0.127. The number of benzene rings is 1. The summed E-state index contributed by atoms with van der Waals surface area (Å²) >= 11 is 5.86. The van der Waals surface area contributed by atoms with Crippen LogP contribution >= 0.6 is 11.6 Å². The Morgan fingerprint density at radius 3 is 2.42 bits per heavy atom. The lowest BCUT2D eigenvalue weighted by Crippen LogP contribution is -2.50. The molecule has 0 unspecified atom stereocenters. The van der Waals surface area contributed by atoms with Crippen LogP contribution in [0.4, 0.5) is 0 Å². The minimum absolute atomic E-state index is 0.130. The summed E-state index contributed by atoms with van der Waals surface area (Å²) in [5.41, 5.74) is 3.10. The Hall–Kier alpha value is -2.81. The number of amides is 1. The number of carbonyl (C=O) groups is 1. The second-order valence-corrected chi connectivity index (χ2v) is 10.4. The average molecular weight is 488 g/mol. The maximum atomic E-state index is 12.8. The molecule has 0 aliphatic carbocycles. The van der Waals surface area contributed by atoms with Gasteiger partial charge in [-0.15, -0.1) is 0 Å². The van der Waals surface area contributed by atoms with Crippen LogP contribution in [-0.4, -0.2) is 54.3 Å². The molecule has 2 aromatic heterocycles. The number of aromatic nitrogens is 1. The highest BCUT2D eigenvalue weighted by molar-refractivity contribution is 7.89. The molecule has 1 aliphatic heterocycles. The van der Waals surface area contributed by atoms with Crippen LogP contribution in [-0.2, 0) is 21.4 Å². The van der Waals surface area contributed by atoms with Crippen molar-refractivity contribution < 1.29 is 17.6 Å². The van der Waals surface area contributed by atoms with E-state index in [0.29, 0.717) is 24.7 Å². The van der Waals surface area contributed by atoms with Gasteiger partial charge in [-0.3, -0.25) is 4.79 Å². The molecule has 0 bridgehead atoms. The van der Waals surface area contributed by atoms with Crippen molar-refractivity contribution in [3.05, 3.63) is 82.5 Å². The first-order chi connectivity index (χ1) is 15.8. The third-order valence-corrected chi connectivity index (χ3v) is 8.08. The predicted octanol–water partition coefficient (Wildman–Crippen LogP) is 3.95. The molecule has 1 amide bonds. The van der Waals surface area contributed by atoms with Gasteiger partial charge in [0.05, 0.1) is 17.7 Å². The zero-order valence-electron chi connectivity index (χ0n) is 18.6. The third kappa shape index (κ3) is 5.08. The van der Waals surface area contributed by atoms with Crippen LogP contribution in [0.2, 0.25) is 5.02 Å². The first kappa shape index (κ1) is 23.4. The topological polar surface area (TPSA) is 75.8 Å². The van der Waals surface area contributed by atoms with Crippen molar-refractivity contribution in [2.75, 3.05) is 26.2 Å². The number of hydrogen-bond donors (Lipinski definition) is 0. The molecule has 1 fully saturated rings. The van der Waals surface area contributed by atoms with Crippen molar-refractivity contribution >= 4 is 33.6 Å². The van der Waals surface area contributed by atoms with Gasteiger partial charge in [0, 0.05) is 48.7 Å². The fraction of sp³-hybridized carbons (Fsp3) is 0.292. The molecular weight excluding hydrogens is 462 g/mol. The number of halogens is 1. The van der Waals surface area contributed by atoms with E-state index in [1.807, 2.05) is 38.1 Å². The predicted molar refractivity (Wildman–Crippen MR) is 128 cm³/mol. The zero-order chi connectivity index (χ0) is 23.6. The standard InChI is InChI=1S/C24H26ClN3O4S/c1-18-16-20(19(2)28(18)17-22-4-3-15-32-22)5-10-24(29)26-11-13-27(14-12-26)33(30,31)23-8-6-21(25)7-9-23/h3-10,15-16H,11-14,17H2,1-2H3/b10-5+. The van der Waals surface area contributed by atoms with Crippen LogP contribution in [0.25, 0.3) is 6.08 Å². The summed E-state index contributed by atoms with van der Waals surface area (Å²) in [4.78, 5) is 14.6. The molecule has 0 radical (unpaired) electrons. The Labute approximate surface area is 198 Å². The Morgan fingerprint density at radius 2 is 1.79 bits per heavy atom. The maximum Gasteiger partial charge on any atom is 0.246 e. The highest BCUT2D eigenvalue weighted by atomic mass is 35.5. The summed E-state index contributed by atoms with van der Waals surface area (Å²) in [6.45, 7) is 5.86. The Balaban J connectivity index is 1.38. The van der Waals surface area contributed by atoms with E-state index in [1.54, 1.807) is 29.4 Å². The minimum atomic E-state index is -3.60. The van der Waals surface area contributed by atoms with Gasteiger partial charge in [0.25, 0.3) is 0 Å². The number of furan rings is 1. The van der Waals surface area contributed by atoms with E-state index in [0.717, 1.165) is 22.7 Å². The van der Waals surface area contributed by atoms with Crippen LogP contribution in [0.5, 0.6) is 0 Å². The van der Waals surface area contributed by atoms with E-state index in [2.05, 4.69) is 4.57 Å². The summed E-state index contributed by atoms with van der Waals surface area (Å²) in [5.74, 6) is 0.740. The SMILES string of the molecule is Cc1cc(/C=C/C(=O)N2CCN(S(=O)(=O)c3ccc(Cl)cc3)CC2)c(C)n1Cc1ccco1. The Kier molecular flexibility index (Phi) is 6.78. The highest BCUT2D eigenvalue weighted by Gasteiger charge is 2.29. The molecule has 1 aliphatic rings. The van der Waals surface area contributed by atoms with Crippen molar-refractivity contribution in [2.45, 2.75) is 25.3 Å². The molecule has 4 rings (SSSR count).